The molecule has 1 N–H and O–H groups in total. The molecule has 1 amide bonds. The van der Waals surface area contributed by atoms with Gasteiger partial charge in [-0.1, -0.05) is 18.2 Å². The van der Waals surface area contributed by atoms with Gasteiger partial charge in [0.25, 0.3) is 5.91 Å². The molecule has 0 aliphatic heterocycles. The number of amides is 1. The van der Waals surface area contributed by atoms with Crippen molar-refractivity contribution in [1.82, 2.24) is 19.7 Å². The molecule has 0 bridgehead atoms. The highest BCUT2D eigenvalue weighted by Crippen LogP contribution is 2.24. The van der Waals surface area contributed by atoms with Crippen LogP contribution in [0.1, 0.15) is 31.1 Å². The van der Waals surface area contributed by atoms with E-state index in [1.54, 1.807) is 18.3 Å². The standard InChI is InChI=1S/C16H17N5O/c1-16(2,3)21-14-12(9-19-21)13(17-10-18-14)20-15(22)11-7-5-4-6-8-11/h4-10H,1-3H3,(H,17,18,20,22). The van der Waals surface area contributed by atoms with E-state index in [4.69, 9.17) is 0 Å². The van der Waals surface area contributed by atoms with Gasteiger partial charge in [-0.15, -0.1) is 0 Å². The summed E-state index contributed by atoms with van der Waals surface area (Å²) in [6.07, 6.45) is 3.12. The molecule has 3 aromatic rings. The third-order valence-corrected chi connectivity index (χ3v) is 3.27. The summed E-state index contributed by atoms with van der Waals surface area (Å²) in [5.41, 5.74) is 1.08. The van der Waals surface area contributed by atoms with Crippen LogP contribution in [0, 0.1) is 0 Å². The Balaban J connectivity index is 1.99. The number of hydrogen-bond acceptors (Lipinski definition) is 4. The van der Waals surface area contributed by atoms with Gasteiger partial charge in [-0.3, -0.25) is 4.79 Å². The Morgan fingerprint density at radius 3 is 2.55 bits per heavy atom. The maximum absolute atomic E-state index is 12.3. The van der Waals surface area contributed by atoms with Crippen molar-refractivity contribution in [2.24, 2.45) is 0 Å². The van der Waals surface area contributed by atoms with Gasteiger partial charge < -0.3 is 5.32 Å². The van der Waals surface area contributed by atoms with Gasteiger partial charge in [0, 0.05) is 5.56 Å². The van der Waals surface area contributed by atoms with Crippen LogP contribution in [0.4, 0.5) is 5.82 Å². The largest absolute Gasteiger partial charge is 0.306 e. The molecule has 2 aromatic heterocycles. The molecule has 1 aromatic carbocycles. The molecule has 3 rings (SSSR count). The highest BCUT2D eigenvalue weighted by molar-refractivity contribution is 6.07. The summed E-state index contributed by atoms with van der Waals surface area (Å²) in [6, 6.07) is 9.02. The second kappa shape index (κ2) is 5.22. The molecule has 112 valence electrons. The summed E-state index contributed by atoms with van der Waals surface area (Å²) in [5.74, 6) is 0.262. The fraction of sp³-hybridized carbons (Fsp3) is 0.250. The summed E-state index contributed by atoms with van der Waals surface area (Å²) in [4.78, 5) is 20.7. The molecule has 0 spiro atoms. The minimum Gasteiger partial charge on any atom is -0.306 e. The summed E-state index contributed by atoms with van der Waals surface area (Å²) >= 11 is 0. The van der Waals surface area contributed by atoms with Crippen molar-refractivity contribution < 1.29 is 4.79 Å². The van der Waals surface area contributed by atoms with Gasteiger partial charge >= 0.3 is 0 Å². The Morgan fingerprint density at radius 2 is 1.86 bits per heavy atom. The Kier molecular flexibility index (Phi) is 3.36. The first-order valence-electron chi connectivity index (χ1n) is 7.02. The summed E-state index contributed by atoms with van der Waals surface area (Å²) < 4.78 is 1.82. The van der Waals surface area contributed by atoms with E-state index in [-0.39, 0.29) is 11.4 Å². The van der Waals surface area contributed by atoms with E-state index in [2.05, 4.69) is 20.4 Å². The highest BCUT2D eigenvalue weighted by atomic mass is 16.1. The van der Waals surface area contributed by atoms with Crippen molar-refractivity contribution >= 4 is 22.8 Å². The SMILES string of the molecule is CC(C)(C)n1ncc2c(NC(=O)c3ccccc3)ncnc21. The first-order valence-corrected chi connectivity index (χ1v) is 7.02. The van der Waals surface area contributed by atoms with Gasteiger partial charge in [0.05, 0.1) is 17.1 Å². The maximum atomic E-state index is 12.3. The van der Waals surface area contributed by atoms with Crippen molar-refractivity contribution in [2.45, 2.75) is 26.3 Å². The number of nitrogens with zero attached hydrogens (tertiary/aromatic N) is 4. The van der Waals surface area contributed by atoms with E-state index >= 15 is 0 Å². The van der Waals surface area contributed by atoms with Crippen molar-refractivity contribution in [3.63, 3.8) is 0 Å². The van der Waals surface area contributed by atoms with Gasteiger partial charge in [-0.05, 0) is 32.9 Å². The van der Waals surface area contributed by atoms with Crippen LogP contribution in [-0.2, 0) is 5.54 Å². The maximum Gasteiger partial charge on any atom is 0.256 e. The zero-order valence-corrected chi connectivity index (χ0v) is 12.7. The predicted molar refractivity (Wildman–Crippen MR) is 84.7 cm³/mol. The van der Waals surface area contributed by atoms with Crippen LogP contribution >= 0.6 is 0 Å². The van der Waals surface area contributed by atoms with Crippen molar-refractivity contribution in [3.05, 3.63) is 48.4 Å². The van der Waals surface area contributed by atoms with Gasteiger partial charge in [0.2, 0.25) is 0 Å². The quantitative estimate of drug-likeness (QED) is 0.789. The fourth-order valence-corrected chi connectivity index (χ4v) is 2.20. The molecule has 0 fully saturated rings. The predicted octanol–water partition coefficient (Wildman–Crippen LogP) is 2.83. The molecule has 2 heterocycles. The first-order chi connectivity index (χ1) is 10.5. The lowest BCUT2D eigenvalue weighted by Crippen LogP contribution is -2.23. The molecule has 0 saturated carbocycles. The van der Waals surface area contributed by atoms with Crippen molar-refractivity contribution in [1.29, 1.82) is 0 Å². The second-order valence-corrected chi connectivity index (χ2v) is 6.01. The van der Waals surface area contributed by atoms with E-state index in [0.29, 0.717) is 17.0 Å². The molecule has 6 nitrogen and oxygen atoms in total. The zero-order chi connectivity index (χ0) is 15.7. The monoisotopic (exact) mass is 295 g/mol. The van der Waals surface area contributed by atoms with E-state index in [0.717, 1.165) is 5.39 Å². The van der Waals surface area contributed by atoms with Gasteiger partial charge in [-0.2, -0.15) is 5.10 Å². The number of hydrogen-bond donors (Lipinski definition) is 1. The highest BCUT2D eigenvalue weighted by Gasteiger charge is 2.20. The molecular formula is C16H17N5O. The molecule has 0 aliphatic carbocycles. The number of carbonyl (C=O) groups excluding carboxylic acids is 1. The average Bonchev–Trinajstić information content (AvgIpc) is 2.93. The zero-order valence-electron chi connectivity index (χ0n) is 12.7. The molecule has 22 heavy (non-hydrogen) atoms. The lowest BCUT2D eigenvalue weighted by Gasteiger charge is -2.19. The number of rotatable bonds is 2. The van der Waals surface area contributed by atoms with Crippen LogP contribution in [0.5, 0.6) is 0 Å². The van der Waals surface area contributed by atoms with Crippen LogP contribution in [0.2, 0.25) is 0 Å². The summed E-state index contributed by atoms with van der Waals surface area (Å²) in [6.45, 7) is 6.14. The number of carbonyl (C=O) groups is 1. The Bertz CT molecular complexity index is 817. The van der Waals surface area contributed by atoms with E-state index in [1.165, 1.54) is 6.33 Å². The number of anilines is 1. The van der Waals surface area contributed by atoms with Gasteiger partial charge in [-0.25, -0.2) is 14.6 Å². The molecule has 6 heteroatoms. The van der Waals surface area contributed by atoms with Crippen LogP contribution in [0.15, 0.2) is 42.9 Å². The smallest absolute Gasteiger partial charge is 0.256 e. The Labute approximate surface area is 128 Å². The van der Waals surface area contributed by atoms with Crippen LogP contribution in [0.25, 0.3) is 11.0 Å². The number of aromatic nitrogens is 4. The van der Waals surface area contributed by atoms with Gasteiger partial charge in [0.15, 0.2) is 5.65 Å². The Hall–Kier alpha value is -2.76. The topological polar surface area (TPSA) is 72.7 Å². The molecular weight excluding hydrogens is 278 g/mol. The lowest BCUT2D eigenvalue weighted by atomic mass is 10.1. The molecule has 0 unspecified atom stereocenters. The summed E-state index contributed by atoms with van der Waals surface area (Å²) in [7, 11) is 0. The number of benzene rings is 1. The molecule has 0 saturated heterocycles. The minimum atomic E-state index is -0.205. The number of nitrogens with one attached hydrogen (secondary N) is 1. The molecule has 0 atom stereocenters. The third kappa shape index (κ3) is 2.55. The van der Waals surface area contributed by atoms with E-state index < -0.39 is 0 Å². The normalized spacial score (nSPS) is 11.6. The third-order valence-electron chi connectivity index (χ3n) is 3.27. The Morgan fingerprint density at radius 1 is 1.14 bits per heavy atom. The average molecular weight is 295 g/mol. The van der Waals surface area contributed by atoms with E-state index in [9.17, 15) is 4.79 Å². The number of fused-ring (bicyclic) bond motifs is 1. The molecule has 0 aliphatic rings. The van der Waals surface area contributed by atoms with Crippen LogP contribution < -0.4 is 5.32 Å². The first kappa shape index (κ1) is 14.2. The minimum absolute atomic E-state index is 0.198. The second-order valence-electron chi connectivity index (χ2n) is 6.01. The van der Waals surface area contributed by atoms with Crippen LogP contribution in [0.3, 0.4) is 0 Å². The molecule has 0 radical (unpaired) electrons. The lowest BCUT2D eigenvalue weighted by molar-refractivity contribution is 0.102. The van der Waals surface area contributed by atoms with Crippen LogP contribution in [-0.4, -0.2) is 25.7 Å². The van der Waals surface area contributed by atoms with Gasteiger partial charge in [0.1, 0.15) is 12.1 Å². The van der Waals surface area contributed by atoms with Crippen molar-refractivity contribution in [2.75, 3.05) is 5.32 Å². The van der Waals surface area contributed by atoms with Crippen molar-refractivity contribution in [3.8, 4) is 0 Å². The summed E-state index contributed by atoms with van der Waals surface area (Å²) in [5, 5.41) is 7.92. The fourth-order valence-electron chi connectivity index (χ4n) is 2.20. The van der Waals surface area contributed by atoms with E-state index in [1.807, 2.05) is 43.7 Å².